The molecular weight excluding hydrogens is 393 g/mol. The fourth-order valence-corrected chi connectivity index (χ4v) is 3.23. The van der Waals surface area contributed by atoms with Crippen molar-refractivity contribution in [1.82, 2.24) is 19.5 Å². The van der Waals surface area contributed by atoms with Gasteiger partial charge in [0.2, 0.25) is 11.9 Å². The lowest BCUT2D eigenvalue weighted by molar-refractivity contribution is -0.116. The van der Waals surface area contributed by atoms with E-state index in [1.807, 2.05) is 18.2 Å². The molecule has 2 aromatic heterocycles. The number of phenolic OH excluding ortho intramolecular Hbond substituents is 1. The minimum Gasteiger partial charge on any atom is -0.504 e. The Hall–Kier alpha value is -3.10. The Morgan fingerprint density at radius 3 is 2.81 bits per heavy atom. The molecule has 0 aliphatic carbocycles. The number of para-hydroxylation sites is 2. The van der Waals surface area contributed by atoms with Crippen LogP contribution < -0.4 is 10.9 Å². The van der Waals surface area contributed by atoms with Gasteiger partial charge in [-0.15, -0.1) is 0 Å². The van der Waals surface area contributed by atoms with Crippen LogP contribution in [0.2, 0.25) is 10.0 Å². The quantitative estimate of drug-likeness (QED) is 0.486. The molecule has 0 radical (unpaired) electrons. The van der Waals surface area contributed by atoms with Crippen molar-refractivity contribution in [2.45, 2.75) is 6.54 Å². The van der Waals surface area contributed by atoms with Crippen LogP contribution >= 0.6 is 23.2 Å². The van der Waals surface area contributed by atoms with Gasteiger partial charge in [-0.1, -0.05) is 35.3 Å². The van der Waals surface area contributed by atoms with Crippen molar-refractivity contribution in [3.05, 3.63) is 57.1 Å². The van der Waals surface area contributed by atoms with Crippen LogP contribution in [-0.4, -0.2) is 30.5 Å². The topological polar surface area (TPSA) is 113 Å². The lowest BCUT2D eigenvalue weighted by atomic mass is 10.2. The van der Waals surface area contributed by atoms with Gasteiger partial charge < -0.3 is 10.1 Å². The number of nitrogens with one attached hydrogen (secondary N) is 2. The molecule has 0 saturated carbocycles. The molecular formula is C17H11Cl2N5O3. The number of phenols is 1. The lowest BCUT2D eigenvalue weighted by Crippen LogP contribution is -2.28. The van der Waals surface area contributed by atoms with Crippen molar-refractivity contribution >= 4 is 57.0 Å². The highest BCUT2D eigenvalue weighted by molar-refractivity contribution is 6.39. The summed E-state index contributed by atoms with van der Waals surface area (Å²) in [6, 6.07) is 8.56. The van der Waals surface area contributed by atoms with Crippen LogP contribution in [0.3, 0.4) is 0 Å². The number of H-pyrrole nitrogens is 1. The van der Waals surface area contributed by atoms with Gasteiger partial charge in [0.25, 0.3) is 5.56 Å². The number of imidazole rings is 1. The molecule has 0 aliphatic rings. The molecule has 8 nitrogen and oxygen atoms in total. The SMILES string of the molecule is O=C(Cn1cnc2c(O)c(Cl)cc(Cl)c2c1=O)Nc1nc2ccccc2[nH]1. The van der Waals surface area contributed by atoms with Gasteiger partial charge in [0, 0.05) is 0 Å². The third kappa shape index (κ3) is 3.09. The predicted octanol–water partition coefficient (Wildman–Crippen LogP) is 2.92. The Morgan fingerprint density at radius 2 is 2.04 bits per heavy atom. The zero-order valence-electron chi connectivity index (χ0n) is 13.5. The molecule has 0 spiro atoms. The summed E-state index contributed by atoms with van der Waals surface area (Å²) in [7, 11) is 0. The Bertz CT molecular complexity index is 1230. The van der Waals surface area contributed by atoms with Crippen molar-refractivity contribution < 1.29 is 9.90 Å². The highest BCUT2D eigenvalue weighted by atomic mass is 35.5. The first-order chi connectivity index (χ1) is 12.9. The maximum atomic E-state index is 12.6. The minimum absolute atomic E-state index is 0.0141. The van der Waals surface area contributed by atoms with Crippen LogP contribution in [0.25, 0.3) is 21.9 Å². The number of anilines is 1. The number of fused-ring (bicyclic) bond motifs is 2. The monoisotopic (exact) mass is 403 g/mol. The average Bonchev–Trinajstić information content (AvgIpc) is 3.03. The number of carbonyl (C=O) groups is 1. The van der Waals surface area contributed by atoms with Gasteiger partial charge >= 0.3 is 0 Å². The largest absolute Gasteiger partial charge is 0.504 e. The van der Waals surface area contributed by atoms with Crippen molar-refractivity contribution in [1.29, 1.82) is 0 Å². The molecule has 0 unspecified atom stereocenters. The third-order valence-electron chi connectivity index (χ3n) is 3.94. The van der Waals surface area contributed by atoms with E-state index >= 15 is 0 Å². The zero-order valence-corrected chi connectivity index (χ0v) is 15.0. The number of amides is 1. The molecule has 2 aromatic carbocycles. The van der Waals surface area contributed by atoms with Gasteiger partial charge in [-0.3, -0.25) is 19.5 Å². The second kappa shape index (κ2) is 6.57. The average molecular weight is 404 g/mol. The number of nitrogens with zero attached hydrogens (tertiary/aromatic N) is 3. The number of carbonyl (C=O) groups excluding carboxylic acids is 1. The number of hydrogen-bond donors (Lipinski definition) is 3. The molecule has 0 aliphatic heterocycles. The van der Waals surface area contributed by atoms with Crippen LogP contribution in [-0.2, 0) is 11.3 Å². The highest BCUT2D eigenvalue weighted by Gasteiger charge is 2.16. The molecule has 3 N–H and O–H groups in total. The summed E-state index contributed by atoms with van der Waals surface area (Å²) in [5.74, 6) is -0.552. The van der Waals surface area contributed by atoms with E-state index in [4.69, 9.17) is 23.2 Å². The van der Waals surface area contributed by atoms with E-state index in [1.54, 1.807) is 6.07 Å². The van der Waals surface area contributed by atoms with E-state index in [-0.39, 0.29) is 39.2 Å². The summed E-state index contributed by atoms with van der Waals surface area (Å²) in [6.07, 6.45) is 1.15. The van der Waals surface area contributed by atoms with Crippen molar-refractivity contribution in [3.8, 4) is 5.75 Å². The maximum absolute atomic E-state index is 12.6. The van der Waals surface area contributed by atoms with Crippen molar-refractivity contribution in [2.24, 2.45) is 0 Å². The van der Waals surface area contributed by atoms with Gasteiger partial charge in [-0.25, -0.2) is 9.97 Å². The number of hydrogen-bond acceptors (Lipinski definition) is 5. The first-order valence-corrected chi connectivity index (χ1v) is 8.50. The number of rotatable bonds is 3. The normalized spacial score (nSPS) is 11.2. The van der Waals surface area contributed by atoms with Crippen molar-refractivity contribution in [2.75, 3.05) is 5.32 Å². The summed E-state index contributed by atoms with van der Waals surface area (Å²) < 4.78 is 1.08. The summed E-state index contributed by atoms with van der Waals surface area (Å²) in [5.41, 5.74) is 0.885. The van der Waals surface area contributed by atoms with Crippen LogP contribution in [0.15, 0.2) is 41.5 Å². The van der Waals surface area contributed by atoms with E-state index in [2.05, 4.69) is 20.3 Å². The van der Waals surface area contributed by atoms with E-state index in [9.17, 15) is 14.7 Å². The summed E-state index contributed by atoms with van der Waals surface area (Å²) in [5, 5.41) is 12.6. The Balaban J connectivity index is 1.64. The highest BCUT2D eigenvalue weighted by Crippen LogP contribution is 2.34. The zero-order chi connectivity index (χ0) is 19.1. The number of aromatic nitrogens is 4. The van der Waals surface area contributed by atoms with Gasteiger partial charge in [-0.2, -0.15) is 0 Å². The molecule has 0 fully saturated rings. The number of benzene rings is 2. The van der Waals surface area contributed by atoms with E-state index in [1.165, 1.54) is 6.07 Å². The molecule has 4 aromatic rings. The van der Waals surface area contributed by atoms with Crippen LogP contribution in [0, 0.1) is 0 Å². The number of aromatic hydroxyl groups is 1. The first-order valence-electron chi connectivity index (χ1n) is 7.75. The Labute approximate surface area is 161 Å². The molecule has 0 saturated heterocycles. The molecule has 27 heavy (non-hydrogen) atoms. The molecule has 136 valence electrons. The summed E-state index contributed by atoms with van der Waals surface area (Å²) >= 11 is 11.9. The first kappa shape index (κ1) is 17.3. The molecule has 1 amide bonds. The lowest BCUT2D eigenvalue weighted by Gasteiger charge is -2.09. The van der Waals surface area contributed by atoms with Crippen LogP contribution in [0.1, 0.15) is 0 Å². The number of halogens is 2. The summed E-state index contributed by atoms with van der Waals surface area (Å²) in [6.45, 7) is -0.307. The smallest absolute Gasteiger partial charge is 0.263 e. The Morgan fingerprint density at radius 1 is 1.26 bits per heavy atom. The molecule has 0 bridgehead atoms. The van der Waals surface area contributed by atoms with E-state index in [0.717, 1.165) is 16.4 Å². The van der Waals surface area contributed by atoms with Gasteiger partial charge in [-0.05, 0) is 18.2 Å². The minimum atomic E-state index is -0.572. The Kier molecular flexibility index (Phi) is 4.21. The molecule has 0 atom stereocenters. The fraction of sp³-hybridized carbons (Fsp3) is 0.0588. The third-order valence-corrected chi connectivity index (χ3v) is 4.53. The summed E-state index contributed by atoms with van der Waals surface area (Å²) in [4.78, 5) is 36.1. The van der Waals surface area contributed by atoms with Crippen LogP contribution in [0.5, 0.6) is 5.75 Å². The van der Waals surface area contributed by atoms with Crippen molar-refractivity contribution in [3.63, 3.8) is 0 Å². The maximum Gasteiger partial charge on any atom is 0.263 e. The second-order valence-corrected chi connectivity index (χ2v) is 6.56. The van der Waals surface area contributed by atoms with Crippen LogP contribution in [0.4, 0.5) is 5.95 Å². The second-order valence-electron chi connectivity index (χ2n) is 5.74. The number of aromatic amines is 1. The van der Waals surface area contributed by atoms with E-state index < -0.39 is 11.5 Å². The standard InChI is InChI=1S/C17H11Cl2N5O3/c18-8-5-9(19)15(26)14-13(8)16(27)24(7-20-14)6-12(25)23-17-21-10-3-1-2-4-11(10)22-17/h1-5,7,26H,6H2,(H2,21,22,23,25). The predicted molar refractivity (Wildman–Crippen MR) is 102 cm³/mol. The molecule has 10 heteroatoms. The van der Waals surface area contributed by atoms with E-state index in [0.29, 0.717) is 5.52 Å². The fourth-order valence-electron chi connectivity index (χ4n) is 2.70. The van der Waals surface area contributed by atoms with Gasteiger partial charge in [0.05, 0.1) is 32.8 Å². The van der Waals surface area contributed by atoms with Gasteiger partial charge in [0.1, 0.15) is 12.1 Å². The molecule has 4 rings (SSSR count). The van der Waals surface area contributed by atoms with Gasteiger partial charge in [0.15, 0.2) is 5.75 Å². The molecule has 2 heterocycles.